The lowest BCUT2D eigenvalue weighted by atomic mass is 10.3. The van der Waals surface area contributed by atoms with Crippen molar-refractivity contribution in [2.75, 3.05) is 5.32 Å². The number of pyridine rings is 1. The Morgan fingerprint density at radius 3 is 1.85 bits per heavy atom. The first-order valence-electron chi connectivity index (χ1n) is 4.92. The van der Waals surface area contributed by atoms with Crippen molar-refractivity contribution < 1.29 is 17.6 Å². The monoisotopic (exact) mass is 344 g/mol. The molecule has 1 heterocycles. The maximum Gasteiger partial charge on any atom is 0.253 e. The van der Waals surface area contributed by atoms with Crippen LogP contribution in [0.4, 0.5) is 28.9 Å². The molecule has 0 unspecified atom stereocenters. The number of halogens is 7. The van der Waals surface area contributed by atoms with E-state index in [1.54, 1.807) is 0 Å². The number of benzene rings is 1. The SMILES string of the molecule is Fc1nc(F)c(F)c(Nc2cc(Cl)c(Cl)cc2Cl)c1F. The number of hydrogen-bond acceptors (Lipinski definition) is 2. The standard InChI is InChI=1S/C11H3Cl3F4N2/c12-3-1-5(14)6(2-4(3)13)19-9-7(15)10(17)20-11(18)8(9)16/h1-2H,(H,19,20). The number of hydrogen-bond donors (Lipinski definition) is 1. The second-order valence-electron chi connectivity index (χ2n) is 3.57. The van der Waals surface area contributed by atoms with Gasteiger partial charge < -0.3 is 5.32 Å². The summed E-state index contributed by atoms with van der Waals surface area (Å²) in [5.74, 6) is -6.96. The van der Waals surface area contributed by atoms with E-state index in [0.29, 0.717) is 0 Å². The molecule has 1 aromatic heterocycles. The Kier molecular flexibility index (Phi) is 4.27. The van der Waals surface area contributed by atoms with Gasteiger partial charge in [0.2, 0.25) is 11.6 Å². The van der Waals surface area contributed by atoms with Gasteiger partial charge in [-0.3, -0.25) is 0 Å². The molecule has 0 fully saturated rings. The Labute approximate surface area is 125 Å². The minimum atomic E-state index is -1.79. The van der Waals surface area contributed by atoms with Gasteiger partial charge in [-0.25, -0.2) is 0 Å². The lowest BCUT2D eigenvalue weighted by Crippen LogP contribution is -2.06. The highest BCUT2D eigenvalue weighted by Gasteiger charge is 2.21. The molecular formula is C11H3Cl3F4N2. The molecule has 0 bridgehead atoms. The average molecular weight is 346 g/mol. The maximum atomic E-state index is 13.4. The van der Waals surface area contributed by atoms with Gasteiger partial charge in [0.25, 0.3) is 11.9 Å². The third-order valence-electron chi connectivity index (χ3n) is 2.27. The predicted molar refractivity (Wildman–Crippen MR) is 68.8 cm³/mol. The summed E-state index contributed by atoms with van der Waals surface area (Å²) < 4.78 is 52.8. The number of anilines is 2. The topological polar surface area (TPSA) is 24.9 Å². The minimum Gasteiger partial charge on any atom is -0.349 e. The molecule has 2 nitrogen and oxygen atoms in total. The van der Waals surface area contributed by atoms with Gasteiger partial charge in [0, 0.05) is 0 Å². The Balaban J connectivity index is 2.53. The Morgan fingerprint density at radius 2 is 1.30 bits per heavy atom. The predicted octanol–water partition coefficient (Wildman–Crippen LogP) is 5.34. The summed E-state index contributed by atoms with van der Waals surface area (Å²) in [7, 11) is 0. The van der Waals surface area contributed by atoms with Gasteiger partial charge in [-0.05, 0) is 12.1 Å². The van der Waals surface area contributed by atoms with Crippen LogP contribution in [-0.2, 0) is 0 Å². The summed E-state index contributed by atoms with van der Waals surface area (Å²) in [5.41, 5.74) is -1.15. The van der Waals surface area contributed by atoms with Crippen molar-refractivity contribution in [3.8, 4) is 0 Å². The largest absolute Gasteiger partial charge is 0.349 e. The van der Waals surface area contributed by atoms with E-state index in [0.717, 1.165) is 6.07 Å². The van der Waals surface area contributed by atoms with Gasteiger partial charge >= 0.3 is 0 Å². The van der Waals surface area contributed by atoms with Crippen LogP contribution in [0.25, 0.3) is 0 Å². The van der Waals surface area contributed by atoms with E-state index in [9.17, 15) is 17.6 Å². The molecule has 1 aromatic carbocycles. The normalized spacial score (nSPS) is 10.8. The second-order valence-corrected chi connectivity index (χ2v) is 4.79. The van der Waals surface area contributed by atoms with E-state index in [1.165, 1.54) is 6.07 Å². The summed E-state index contributed by atoms with van der Waals surface area (Å²) >= 11 is 17.2. The number of nitrogens with one attached hydrogen (secondary N) is 1. The summed E-state index contributed by atoms with van der Waals surface area (Å²) in [6, 6.07) is 2.36. The van der Waals surface area contributed by atoms with Crippen LogP contribution in [0.15, 0.2) is 12.1 Å². The van der Waals surface area contributed by atoms with Crippen LogP contribution in [0, 0.1) is 23.5 Å². The molecule has 1 N–H and O–H groups in total. The van der Waals surface area contributed by atoms with Crippen LogP contribution in [0.1, 0.15) is 0 Å². The van der Waals surface area contributed by atoms with E-state index in [2.05, 4.69) is 10.3 Å². The van der Waals surface area contributed by atoms with Gasteiger partial charge in [-0.1, -0.05) is 34.8 Å². The van der Waals surface area contributed by atoms with Crippen molar-refractivity contribution in [2.45, 2.75) is 0 Å². The van der Waals surface area contributed by atoms with E-state index >= 15 is 0 Å². The molecule has 0 aliphatic carbocycles. The van der Waals surface area contributed by atoms with Gasteiger partial charge in [0.1, 0.15) is 5.69 Å². The highest BCUT2D eigenvalue weighted by molar-refractivity contribution is 6.44. The zero-order chi connectivity index (χ0) is 15.0. The molecule has 0 radical (unpaired) electrons. The lowest BCUT2D eigenvalue weighted by Gasteiger charge is -2.11. The fraction of sp³-hybridized carbons (Fsp3) is 0. The van der Waals surface area contributed by atoms with E-state index in [1.807, 2.05) is 0 Å². The van der Waals surface area contributed by atoms with Crippen LogP contribution >= 0.6 is 34.8 Å². The van der Waals surface area contributed by atoms with Crippen LogP contribution in [0.5, 0.6) is 0 Å². The molecule has 2 aromatic rings. The maximum absolute atomic E-state index is 13.4. The van der Waals surface area contributed by atoms with E-state index in [4.69, 9.17) is 34.8 Å². The van der Waals surface area contributed by atoms with Crippen LogP contribution in [0.2, 0.25) is 15.1 Å². The van der Waals surface area contributed by atoms with Gasteiger partial charge in [0.15, 0.2) is 0 Å². The summed E-state index contributed by atoms with van der Waals surface area (Å²) in [4.78, 5) is 2.43. The molecule has 2 rings (SSSR count). The molecule has 0 saturated heterocycles. The van der Waals surface area contributed by atoms with E-state index in [-0.39, 0.29) is 20.8 Å². The van der Waals surface area contributed by atoms with Crippen molar-refractivity contribution in [3.05, 3.63) is 50.7 Å². The Hall–Kier alpha value is -1.24. The molecule has 20 heavy (non-hydrogen) atoms. The molecule has 0 saturated carbocycles. The second kappa shape index (κ2) is 5.63. The molecular weight excluding hydrogens is 342 g/mol. The third-order valence-corrected chi connectivity index (χ3v) is 3.30. The van der Waals surface area contributed by atoms with Crippen LogP contribution < -0.4 is 5.32 Å². The van der Waals surface area contributed by atoms with Gasteiger partial charge in [0.05, 0.1) is 20.8 Å². The quantitative estimate of drug-likeness (QED) is 0.451. The van der Waals surface area contributed by atoms with Crippen molar-refractivity contribution >= 4 is 46.2 Å². The number of rotatable bonds is 2. The zero-order valence-corrected chi connectivity index (χ0v) is 11.5. The van der Waals surface area contributed by atoms with Gasteiger partial charge in [-0.15, -0.1) is 0 Å². The first-order valence-corrected chi connectivity index (χ1v) is 6.06. The fourth-order valence-corrected chi connectivity index (χ4v) is 1.94. The fourth-order valence-electron chi connectivity index (χ4n) is 1.35. The first-order chi connectivity index (χ1) is 9.31. The number of aromatic nitrogens is 1. The molecule has 0 atom stereocenters. The molecule has 0 aliphatic rings. The highest BCUT2D eigenvalue weighted by atomic mass is 35.5. The van der Waals surface area contributed by atoms with Gasteiger partial charge in [-0.2, -0.15) is 22.5 Å². The Morgan fingerprint density at radius 1 is 0.800 bits per heavy atom. The number of nitrogens with zero attached hydrogens (tertiary/aromatic N) is 1. The highest BCUT2D eigenvalue weighted by Crippen LogP contribution is 2.35. The van der Waals surface area contributed by atoms with Crippen LogP contribution in [-0.4, -0.2) is 4.98 Å². The molecule has 0 aliphatic heterocycles. The van der Waals surface area contributed by atoms with Crippen LogP contribution in [0.3, 0.4) is 0 Å². The summed E-state index contributed by atoms with van der Waals surface area (Å²) in [6.45, 7) is 0. The molecule has 106 valence electrons. The first kappa shape index (κ1) is 15.2. The zero-order valence-electron chi connectivity index (χ0n) is 9.25. The van der Waals surface area contributed by atoms with Crippen molar-refractivity contribution in [1.82, 2.24) is 4.98 Å². The van der Waals surface area contributed by atoms with Crippen molar-refractivity contribution in [2.24, 2.45) is 0 Å². The molecule has 0 amide bonds. The van der Waals surface area contributed by atoms with Crippen molar-refractivity contribution in [1.29, 1.82) is 0 Å². The van der Waals surface area contributed by atoms with Crippen molar-refractivity contribution in [3.63, 3.8) is 0 Å². The molecule has 9 heteroatoms. The Bertz CT molecular complexity index is 668. The van der Waals surface area contributed by atoms with E-state index < -0.39 is 29.2 Å². The smallest absolute Gasteiger partial charge is 0.253 e. The minimum absolute atomic E-state index is 0.0365. The third kappa shape index (κ3) is 2.77. The summed E-state index contributed by atoms with van der Waals surface area (Å²) in [6.07, 6.45) is 0. The molecule has 0 spiro atoms. The lowest BCUT2D eigenvalue weighted by molar-refractivity contribution is 0.411. The average Bonchev–Trinajstić information content (AvgIpc) is 2.38. The summed E-state index contributed by atoms with van der Waals surface area (Å²) in [5, 5.41) is 2.21.